The summed E-state index contributed by atoms with van der Waals surface area (Å²) < 4.78 is 21.1. The third kappa shape index (κ3) is 6.28. The number of ether oxygens (including phenoxy) is 3. The van der Waals surface area contributed by atoms with Crippen LogP contribution in [0.5, 0.6) is 17.2 Å². The van der Waals surface area contributed by atoms with Gasteiger partial charge in [-0.2, -0.15) is 5.10 Å². The molecule has 0 unspecified atom stereocenters. The smallest absolute Gasteiger partial charge is 0.264 e. The lowest BCUT2D eigenvalue weighted by atomic mass is 9.93. The van der Waals surface area contributed by atoms with Crippen molar-refractivity contribution in [3.63, 3.8) is 0 Å². The van der Waals surface area contributed by atoms with E-state index in [-0.39, 0.29) is 30.4 Å². The van der Waals surface area contributed by atoms with Gasteiger partial charge in [0.1, 0.15) is 5.75 Å². The number of nitrogens with zero attached hydrogens (tertiary/aromatic N) is 6. The number of fused-ring (bicyclic) bond motifs is 2. The highest BCUT2D eigenvalue weighted by molar-refractivity contribution is 6.12. The number of rotatable bonds is 8. The molecule has 3 aliphatic rings. The average Bonchev–Trinajstić information content (AvgIpc) is 3.89. The summed E-state index contributed by atoms with van der Waals surface area (Å²) in [6, 6.07) is 20.4. The van der Waals surface area contributed by atoms with Crippen LogP contribution in [0.4, 0.5) is 11.4 Å². The Morgan fingerprint density at radius 1 is 0.923 bits per heavy atom. The van der Waals surface area contributed by atoms with Crippen molar-refractivity contribution in [2.24, 2.45) is 7.05 Å². The lowest BCUT2D eigenvalue weighted by Gasteiger charge is -2.35. The SMILES string of the molecule is Cc1c(C(=O)N(c2ccc(O)cc2)c2cnn(C)c2)cc(-c2cc3c(cc2C(=O)N2Cc4ccccc4C[C@H]2C)OCO3)n1CCN1CCOCC1. The fraction of sp³-hybridized carbons (Fsp3) is 0.325. The number of amides is 2. The summed E-state index contributed by atoms with van der Waals surface area (Å²) in [7, 11) is 1.80. The maximum atomic E-state index is 14.8. The van der Waals surface area contributed by atoms with Gasteiger partial charge in [-0.3, -0.25) is 24.1 Å². The van der Waals surface area contributed by atoms with Crippen LogP contribution >= 0.6 is 0 Å². The number of anilines is 2. The zero-order valence-corrected chi connectivity index (χ0v) is 29.6. The molecule has 2 aromatic heterocycles. The zero-order valence-electron chi connectivity index (χ0n) is 29.6. The van der Waals surface area contributed by atoms with E-state index in [4.69, 9.17) is 14.2 Å². The number of hydrogen-bond acceptors (Lipinski definition) is 8. The lowest BCUT2D eigenvalue weighted by Crippen LogP contribution is -2.42. The topological polar surface area (TPSA) is 115 Å². The van der Waals surface area contributed by atoms with Gasteiger partial charge in [-0.05, 0) is 73.9 Å². The van der Waals surface area contributed by atoms with Crippen LogP contribution in [-0.2, 0) is 31.3 Å². The number of aromatic hydroxyl groups is 1. The molecule has 5 heterocycles. The fourth-order valence-corrected chi connectivity index (χ4v) is 7.50. The second kappa shape index (κ2) is 13.9. The van der Waals surface area contributed by atoms with Crippen molar-refractivity contribution in [3.8, 4) is 28.5 Å². The zero-order chi connectivity index (χ0) is 35.9. The molecule has 52 heavy (non-hydrogen) atoms. The number of hydrogen-bond donors (Lipinski definition) is 1. The molecule has 1 saturated heterocycles. The van der Waals surface area contributed by atoms with Crippen LogP contribution in [0.2, 0.25) is 0 Å². The standard InChI is InChI=1S/C40H42N6O6/c1-26-18-28-6-4-5-7-29(28)23-45(26)39(48)35-21-38-37(51-25-52-38)20-34(35)36-19-33(27(2)44(36)13-12-43-14-16-50-17-15-43)40(49)46(31-22-41-42(3)24-31)30-8-10-32(47)11-9-30/h4-11,19-22,24,26,47H,12-18,23,25H2,1-3H3/t26-/m1/s1. The summed E-state index contributed by atoms with van der Waals surface area (Å²) in [5.41, 5.74) is 6.69. The average molecular weight is 703 g/mol. The van der Waals surface area contributed by atoms with Crippen molar-refractivity contribution in [2.45, 2.75) is 39.4 Å². The monoisotopic (exact) mass is 702 g/mol. The molecule has 0 aliphatic carbocycles. The third-order valence-corrected chi connectivity index (χ3v) is 10.4. The quantitative estimate of drug-likeness (QED) is 0.225. The Kier molecular flexibility index (Phi) is 8.94. The third-order valence-electron chi connectivity index (χ3n) is 10.4. The van der Waals surface area contributed by atoms with E-state index in [1.165, 1.54) is 5.56 Å². The van der Waals surface area contributed by atoms with Crippen molar-refractivity contribution in [1.82, 2.24) is 24.1 Å². The first-order valence-corrected chi connectivity index (χ1v) is 17.7. The Bertz CT molecular complexity index is 2130. The maximum Gasteiger partial charge on any atom is 0.264 e. The van der Waals surface area contributed by atoms with Crippen molar-refractivity contribution < 1.29 is 28.9 Å². The number of aromatic nitrogens is 3. The summed E-state index contributed by atoms with van der Waals surface area (Å²) in [6.45, 7) is 8.89. The fourth-order valence-electron chi connectivity index (χ4n) is 7.50. The van der Waals surface area contributed by atoms with Gasteiger partial charge in [0.2, 0.25) is 6.79 Å². The van der Waals surface area contributed by atoms with Crippen LogP contribution < -0.4 is 14.4 Å². The molecule has 1 fully saturated rings. The highest BCUT2D eigenvalue weighted by atomic mass is 16.7. The second-order valence-corrected chi connectivity index (χ2v) is 13.7. The summed E-state index contributed by atoms with van der Waals surface area (Å²) in [6.07, 6.45) is 4.18. The summed E-state index contributed by atoms with van der Waals surface area (Å²) in [5, 5.41) is 14.4. The number of morpholine rings is 1. The van der Waals surface area contributed by atoms with E-state index in [0.29, 0.717) is 65.9 Å². The predicted molar refractivity (Wildman–Crippen MR) is 195 cm³/mol. The van der Waals surface area contributed by atoms with Crippen LogP contribution in [0.15, 0.2) is 79.1 Å². The first-order valence-electron chi connectivity index (χ1n) is 17.7. The molecule has 0 saturated carbocycles. The predicted octanol–water partition coefficient (Wildman–Crippen LogP) is 5.53. The Morgan fingerprint density at radius 2 is 1.65 bits per heavy atom. The van der Waals surface area contributed by atoms with Gasteiger partial charge in [0.25, 0.3) is 11.8 Å². The first kappa shape index (κ1) is 33.5. The first-order chi connectivity index (χ1) is 25.2. The molecule has 1 atom stereocenters. The van der Waals surface area contributed by atoms with Crippen molar-refractivity contribution in [1.29, 1.82) is 0 Å². The number of phenols is 1. The molecule has 268 valence electrons. The van der Waals surface area contributed by atoms with Crippen LogP contribution in [0.1, 0.15) is 44.5 Å². The van der Waals surface area contributed by atoms with Gasteiger partial charge in [-0.25, -0.2) is 0 Å². The highest BCUT2D eigenvalue weighted by Crippen LogP contribution is 2.42. The van der Waals surface area contributed by atoms with Gasteiger partial charge in [-0.15, -0.1) is 0 Å². The maximum absolute atomic E-state index is 14.8. The van der Waals surface area contributed by atoms with E-state index in [9.17, 15) is 14.7 Å². The largest absolute Gasteiger partial charge is 0.508 e. The van der Waals surface area contributed by atoms with Crippen molar-refractivity contribution in [2.75, 3.05) is 44.5 Å². The van der Waals surface area contributed by atoms with Crippen molar-refractivity contribution >= 4 is 23.2 Å². The Balaban J connectivity index is 1.25. The molecule has 8 rings (SSSR count). The van der Waals surface area contributed by atoms with Crippen molar-refractivity contribution in [3.05, 3.63) is 107 Å². The van der Waals surface area contributed by atoms with E-state index in [2.05, 4.69) is 33.6 Å². The molecule has 1 N–H and O–H groups in total. The highest BCUT2D eigenvalue weighted by Gasteiger charge is 2.33. The van der Waals surface area contributed by atoms with Gasteiger partial charge in [0, 0.05) is 69.0 Å². The van der Waals surface area contributed by atoms with E-state index in [1.54, 1.807) is 59.4 Å². The van der Waals surface area contributed by atoms with E-state index < -0.39 is 0 Å². The molecular weight excluding hydrogens is 660 g/mol. The van der Waals surface area contributed by atoms with Gasteiger partial charge in [-0.1, -0.05) is 24.3 Å². The number of aryl methyl sites for hydroxylation is 1. The number of phenolic OH excluding ortho intramolecular Hbond substituents is 1. The van der Waals surface area contributed by atoms with Crippen LogP contribution in [0.3, 0.4) is 0 Å². The minimum absolute atomic E-state index is 0.0222. The Labute approximate surface area is 302 Å². The number of carbonyl (C=O) groups is 2. The Morgan fingerprint density at radius 3 is 2.38 bits per heavy atom. The molecule has 2 amide bonds. The molecule has 3 aromatic carbocycles. The molecule has 3 aliphatic heterocycles. The number of carbonyl (C=O) groups excluding carboxylic acids is 2. The van der Waals surface area contributed by atoms with Gasteiger partial charge < -0.3 is 28.8 Å². The van der Waals surface area contributed by atoms with E-state index >= 15 is 0 Å². The minimum atomic E-state index is -0.266. The van der Waals surface area contributed by atoms with Gasteiger partial charge in [0.15, 0.2) is 11.5 Å². The molecule has 0 spiro atoms. The molecule has 5 aromatic rings. The Hall–Kier alpha value is -5.59. The number of benzene rings is 3. The second-order valence-electron chi connectivity index (χ2n) is 13.7. The van der Waals surface area contributed by atoms with E-state index in [1.807, 2.05) is 36.1 Å². The summed E-state index contributed by atoms with van der Waals surface area (Å²) in [5.74, 6) is 0.796. The summed E-state index contributed by atoms with van der Waals surface area (Å²) in [4.78, 5) is 35.5. The van der Waals surface area contributed by atoms with Gasteiger partial charge in [0.05, 0.1) is 41.9 Å². The lowest BCUT2D eigenvalue weighted by molar-refractivity contribution is 0.0364. The minimum Gasteiger partial charge on any atom is -0.508 e. The van der Waals surface area contributed by atoms with Gasteiger partial charge >= 0.3 is 0 Å². The summed E-state index contributed by atoms with van der Waals surface area (Å²) >= 11 is 0. The van der Waals surface area contributed by atoms with Crippen LogP contribution in [0.25, 0.3) is 11.3 Å². The molecule has 0 bridgehead atoms. The van der Waals surface area contributed by atoms with Crippen LogP contribution in [0, 0.1) is 6.92 Å². The molecular formula is C40H42N6O6. The molecule has 12 nitrogen and oxygen atoms in total. The molecule has 12 heteroatoms. The normalized spacial score (nSPS) is 16.9. The van der Waals surface area contributed by atoms with E-state index in [0.717, 1.165) is 43.0 Å². The molecule has 0 radical (unpaired) electrons. The van der Waals surface area contributed by atoms with Crippen LogP contribution in [-0.4, -0.2) is 86.8 Å².